The summed E-state index contributed by atoms with van der Waals surface area (Å²) in [4.78, 5) is 11.8. The molecule has 1 N–H and O–H groups in total. The van der Waals surface area contributed by atoms with E-state index in [2.05, 4.69) is 5.32 Å². The number of rotatable bonds is 3. The van der Waals surface area contributed by atoms with Gasteiger partial charge in [0.1, 0.15) is 0 Å². The van der Waals surface area contributed by atoms with Crippen molar-refractivity contribution in [3.8, 4) is 0 Å². The maximum Gasteiger partial charge on any atom is 0.416 e. The molecule has 1 aliphatic carbocycles. The second kappa shape index (κ2) is 5.63. The zero-order chi connectivity index (χ0) is 13.9. The molecule has 0 spiro atoms. The Morgan fingerprint density at radius 3 is 2.58 bits per heavy atom. The number of nitrogens with one attached hydrogen (secondary N) is 1. The molecular weight excluding hydrogens is 255 g/mol. The van der Waals surface area contributed by atoms with Gasteiger partial charge < -0.3 is 5.32 Å². The number of carbonyl (C=O) groups excluding carboxylic acids is 1. The molecule has 2 rings (SSSR count). The molecule has 1 fully saturated rings. The number of halogens is 3. The zero-order valence-electron chi connectivity index (χ0n) is 10.5. The van der Waals surface area contributed by atoms with Crippen LogP contribution >= 0.6 is 0 Å². The first-order valence-corrected chi connectivity index (χ1v) is 6.40. The predicted molar refractivity (Wildman–Crippen MR) is 65.2 cm³/mol. The summed E-state index contributed by atoms with van der Waals surface area (Å²) in [6, 6.07) is 5.06. The number of benzene rings is 1. The summed E-state index contributed by atoms with van der Waals surface area (Å²) in [5.41, 5.74) is -0.207. The van der Waals surface area contributed by atoms with E-state index in [0.717, 1.165) is 37.8 Å². The molecule has 0 aromatic heterocycles. The summed E-state index contributed by atoms with van der Waals surface area (Å²) >= 11 is 0. The topological polar surface area (TPSA) is 29.1 Å². The number of hydrogen-bond acceptors (Lipinski definition) is 1. The van der Waals surface area contributed by atoms with Crippen LogP contribution in [0.25, 0.3) is 0 Å². The molecule has 2 nitrogen and oxygen atoms in total. The lowest BCUT2D eigenvalue weighted by molar-refractivity contribution is -0.137. The van der Waals surface area contributed by atoms with Crippen LogP contribution < -0.4 is 5.32 Å². The van der Waals surface area contributed by atoms with Crippen molar-refractivity contribution in [3.63, 3.8) is 0 Å². The van der Waals surface area contributed by atoms with Gasteiger partial charge in [0, 0.05) is 12.5 Å². The lowest BCUT2D eigenvalue weighted by Gasteiger charge is -2.12. The monoisotopic (exact) mass is 271 g/mol. The summed E-state index contributed by atoms with van der Waals surface area (Å²) < 4.78 is 37.6. The van der Waals surface area contributed by atoms with Gasteiger partial charge in [0.2, 0.25) is 5.91 Å². The van der Waals surface area contributed by atoms with Gasteiger partial charge in [-0.25, -0.2) is 0 Å². The van der Waals surface area contributed by atoms with Gasteiger partial charge in [0.25, 0.3) is 0 Å². The lowest BCUT2D eigenvalue weighted by Crippen LogP contribution is -2.28. The molecule has 0 aliphatic heterocycles. The SMILES string of the molecule is O=C(NCc1cccc(C(F)(F)F)c1)C1CCCC1. The van der Waals surface area contributed by atoms with Crippen LogP contribution in [0.15, 0.2) is 24.3 Å². The second-order valence-corrected chi connectivity index (χ2v) is 4.90. The summed E-state index contributed by atoms with van der Waals surface area (Å²) in [6.07, 6.45) is -0.461. The van der Waals surface area contributed by atoms with Crippen molar-refractivity contribution in [2.75, 3.05) is 0 Å². The van der Waals surface area contributed by atoms with Crippen molar-refractivity contribution in [1.29, 1.82) is 0 Å². The molecule has 0 radical (unpaired) electrons. The molecule has 0 atom stereocenters. The first kappa shape index (κ1) is 13.9. The van der Waals surface area contributed by atoms with Gasteiger partial charge in [-0.1, -0.05) is 25.0 Å². The predicted octanol–water partition coefficient (Wildman–Crippen LogP) is 3.51. The molecule has 0 unspecified atom stereocenters. The first-order valence-electron chi connectivity index (χ1n) is 6.40. The van der Waals surface area contributed by atoms with E-state index >= 15 is 0 Å². The fourth-order valence-electron chi connectivity index (χ4n) is 2.38. The minimum Gasteiger partial charge on any atom is -0.352 e. The Bertz CT molecular complexity index is 450. The van der Waals surface area contributed by atoms with E-state index in [1.54, 1.807) is 6.07 Å². The van der Waals surface area contributed by atoms with Gasteiger partial charge in [-0.2, -0.15) is 13.2 Å². The van der Waals surface area contributed by atoms with E-state index in [1.165, 1.54) is 6.07 Å². The van der Waals surface area contributed by atoms with E-state index in [1.807, 2.05) is 0 Å². The quantitative estimate of drug-likeness (QED) is 0.895. The lowest BCUT2D eigenvalue weighted by atomic mass is 10.1. The van der Waals surface area contributed by atoms with E-state index in [9.17, 15) is 18.0 Å². The minimum absolute atomic E-state index is 0.0331. The average molecular weight is 271 g/mol. The van der Waals surface area contributed by atoms with Crippen molar-refractivity contribution in [2.24, 2.45) is 5.92 Å². The van der Waals surface area contributed by atoms with Gasteiger partial charge in [-0.3, -0.25) is 4.79 Å². The third-order valence-electron chi connectivity index (χ3n) is 3.45. The van der Waals surface area contributed by atoms with E-state index in [0.29, 0.717) is 5.56 Å². The molecule has 0 heterocycles. The minimum atomic E-state index is -4.34. The van der Waals surface area contributed by atoms with Gasteiger partial charge in [0.15, 0.2) is 0 Å². The van der Waals surface area contributed by atoms with Gasteiger partial charge in [-0.05, 0) is 30.5 Å². The molecule has 1 aromatic carbocycles. The summed E-state index contributed by atoms with van der Waals surface area (Å²) in [5, 5.41) is 2.71. The summed E-state index contributed by atoms with van der Waals surface area (Å²) in [5.74, 6) is -0.0132. The van der Waals surface area contributed by atoms with E-state index in [-0.39, 0.29) is 18.4 Å². The number of hydrogen-bond donors (Lipinski definition) is 1. The molecule has 104 valence electrons. The zero-order valence-corrected chi connectivity index (χ0v) is 10.5. The smallest absolute Gasteiger partial charge is 0.352 e. The molecule has 5 heteroatoms. The molecule has 1 amide bonds. The number of amides is 1. The highest BCUT2D eigenvalue weighted by atomic mass is 19.4. The van der Waals surface area contributed by atoms with E-state index in [4.69, 9.17) is 0 Å². The summed E-state index contributed by atoms with van der Waals surface area (Å²) in [7, 11) is 0. The van der Waals surface area contributed by atoms with Crippen molar-refractivity contribution in [3.05, 3.63) is 35.4 Å². The Hall–Kier alpha value is -1.52. The number of carbonyl (C=O) groups is 1. The fourth-order valence-corrected chi connectivity index (χ4v) is 2.38. The summed E-state index contributed by atoms with van der Waals surface area (Å²) in [6.45, 7) is 0.152. The van der Waals surface area contributed by atoms with Crippen LogP contribution in [-0.4, -0.2) is 5.91 Å². The Morgan fingerprint density at radius 2 is 1.95 bits per heavy atom. The molecule has 1 aliphatic rings. The van der Waals surface area contributed by atoms with Crippen LogP contribution in [0.5, 0.6) is 0 Å². The Balaban J connectivity index is 1.94. The second-order valence-electron chi connectivity index (χ2n) is 4.90. The van der Waals surface area contributed by atoms with Crippen LogP contribution in [-0.2, 0) is 17.5 Å². The molecule has 19 heavy (non-hydrogen) atoms. The largest absolute Gasteiger partial charge is 0.416 e. The van der Waals surface area contributed by atoms with Crippen LogP contribution in [0.1, 0.15) is 36.8 Å². The molecule has 0 bridgehead atoms. The van der Waals surface area contributed by atoms with Crippen molar-refractivity contribution >= 4 is 5.91 Å². The van der Waals surface area contributed by atoms with Crippen LogP contribution in [0, 0.1) is 5.92 Å². The van der Waals surface area contributed by atoms with Crippen molar-refractivity contribution in [2.45, 2.75) is 38.4 Å². The van der Waals surface area contributed by atoms with Crippen molar-refractivity contribution < 1.29 is 18.0 Å². The average Bonchev–Trinajstić information content (AvgIpc) is 2.89. The fraction of sp³-hybridized carbons (Fsp3) is 0.500. The number of alkyl halides is 3. The molecule has 0 saturated heterocycles. The highest BCUT2D eigenvalue weighted by molar-refractivity contribution is 5.78. The highest BCUT2D eigenvalue weighted by Crippen LogP contribution is 2.29. The Labute approximate surface area is 110 Å². The van der Waals surface area contributed by atoms with Gasteiger partial charge in [-0.15, -0.1) is 0 Å². The molecular formula is C14H16F3NO. The van der Waals surface area contributed by atoms with Gasteiger partial charge >= 0.3 is 6.18 Å². The maximum absolute atomic E-state index is 12.5. The first-order chi connectivity index (χ1) is 8.97. The van der Waals surface area contributed by atoms with E-state index < -0.39 is 11.7 Å². The van der Waals surface area contributed by atoms with Crippen LogP contribution in [0.4, 0.5) is 13.2 Å². The third kappa shape index (κ3) is 3.72. The van der Waals surface area contributed by atoms with Crippen LogP contribution in [0.3, 0.4) is 0 Å². The van der Waals surface area contributed by atoms with Crippen LogP contribution in [0.2, 0.25) is 0 Å². The Morgan fingerprint density at radius 1 is 1.26 bits per heavy atom. The van der Waals surface area contributed by atoms with Crippen molar-refractivity contribution in [1.82, 2.24) is 5.32 Å². The van der Waals surface area contributed by atoms with Gasteiger partial charge in [0.05, 0.1) is 5.56 Å². The maximum atomic E-state index is 12.5. The highest BCUT2D eigenvalue weighted by Gasteiger charge is 2.30. The molecule has 1 aromatic rings. The molecule has 1 saturated carbocycles. The Kier molecular flexibility index (Phi) is 4.12. The third-order valence-corrected chi connectivity index (χ3v) is 3.45. The normalized spacial score (nSPS) is 16.6. The standard InChI is InChI=1S/C14H16F3NO/c15-14(16,17)12-7-3-4-10(8-12)9-18-13(19)11-5-1-2-6-11/h3-4,7-8,11H,1-2,5-6,9H2,(H,18,19).